The third-order valence-corrected chi connectivity index (χ3v) is 2.55. The van der Waals surface area contributed by atoms with Crippen molar-refractivity contribution >= 4 is 0 Å². The van der Waals surface area contributed by atoms with Crippen LogP contribution >= 0.6 is 0 Å². The van der Waals surface area contributed by atoms with Gasteiger partial charge in [-0.1, -0.05) is 0 Å². The Hall–Kier alpha value is -0.900. The minimum absolute atomic E-state index is 0.0340. The van der Waals surface area contributed by atoms with Gasteiger partial charge in [0.05, 0.1) is 12.8 Å². The maximum atomic E-state index is 12.8. The highest BCUT2D eigenvalue weighted by Gasteiger charge is 2.33. The van der Waals surface area contributed by atoms with Gasteiger partial charge in [-0.25, -0.2) is 8.78 Å². The summed E-state index contributed by atoms with van der Waals surface area (Å²) in [6, 6.07) is 3.68. The molecule has 4 heteroatoms. The maximum Gasteiger partial charge on any atom is 0.250 e. The van der Waals surface area contributed by atoms with Crippen molar-refractivity contribution in [2.75, 3.05) is 13.1 Å². The van der Waals surface area contributed by atoms with E-state index < -0.39 is 5.92 Å². The van der Waals surface area contributed by atoms with E-state index in [9.17, 15) is 8.78 Å². The van der Waals surface area contributed by atoms with Crippen molar-refractivity contribution in [3.05, 3.63) is 24.2 Å². The standard InChI is InChI=1S/C10H13F2NO/c11-10(12)3-5-13(6-4-10)8-9-2-1-7-14-9/h1-2,7H,3-6,8H2. The molecule has 2 rings (SSSR count). The monoisotopic (exact) mass is 201 g/mol. The number of furan rings is 1. The molecule has 1 aliphatic heterocycles. The number of nitrogens with zero attached hydrogens (tertiary/aromatic N) is 1. The van der Waals surface area contributed by atoms with Gasteiger partial charge in [0.15, 0.2) is 0 Å². The van der Waals surface area contributed by atoms with Crippen LogP contribution in [0, 0.1) is 0 Å². The van der Waals surface area contributed by atoms with Crippen LogP contribution in [0.2, 0.25) is 0 Å². The second kappa shape index (κ2) is 3.69. The van der Waals surface area contributed by atoms with E-state index in [4.69, 9.17) is 4.42 Å². The molecule has 1 fully saturated rings. The quantitative estimate of drug-likeness (QED) is 0.731. The van der Waals surface area contributed by atoms with Gasteiger partial charge in [-0.3, -0.25) is 4.90 Å². The van der Waals surface area contributed by atoms with Crippen LogP contribution in [0.5, 0.6) is 0 Å². The van der Waals surface area contributed by atoms with Crippen molar-refractivity contribution in [2.24, 2.45) is 0 Å². The second-order valence-corrected chi connectivity index (χ2v) is 3.71. The number of hydrogen-bond donors (Lipinski definition) is 0. The molecule has 0 amide bonds. The largest absolute Gasteiger partial charge is 0.468 e. The molecule has 0 saturated carbocycles. The van der Waals surface area contributed by atoms with Crippen LogP contribution in [0.3, 0.4) is 0 Å². The van der Waals surface area contributed by atoms with Crippen LogP contribution < -0.4 is 0 Å². The lowest BCUT2D eigenvalue weighted by Gasteiger charge is -2.30. The van der Waals surface area contributed by atoms with E-state index in [-0.39, 0.29) is 12.8 Å². The molecular weight excluding hydrogens is 188 g/mol. The summed E-state index contributed by atoms with van der Waals surface area (Å²) >= 11 is 0. The SMILES string of the molecule is FC1(F)CCN(Cc2ccco2)CC1. The van der Waals surface area contributed by atoms with Crippen molar-refractivity contribution in [1.82, 2.24) is 4.90 Å². The summed E-state index contributed by atoms with van der Waals surface area (Å²) < 4.78 is 30.8. The molecule has 1 saturated heterocycles. The van der Waals surface area contributed by atoms with Crippen LogP contribution in [0.1, 0.15) is 18.6 Å². The number of alkyl halides is 2. The molecule has 0 unspecified atom stereocenters. The highest BCUT2D eigenvalue weighted by molar-refractivity contribution is 4.98. The smallest absolute Gasteiger partial charge is 0.250 e. The van der Waals surface area contributed by atoms with Crippen LogP contribution in [0.4, 0.5) is 8.78 Å². The first-order chi connectivity index (χ1) is 6.66. The van der Waals surface area contributed by atoms with Gasteiger partial charge < -0.3 is 4.42 Å². The second-order valence-electron chi connectivity index (χ2n) is 3.71. The normalized spacial score (nSPS) is 22.4. The van der Waals surface area contributed by atoms with Crippen molar-refractivity contribution in [1.29, 1.82) is 0 Å². The van der Waals surface area contributed by atoms with Crippen molar-refractivity contribution in [3.63, 3.8) is 0 Å². The molecule has 0 bridgehead atoms. The summed E-state index contributed by atoms with van der Waals surface area (Å²) in [5.41, 5.74) is 0. The number of likely N-dealkylation sites (tertiary alicyclic amines) is 1. The molecule has 0 N–H and O–H groups in total. The van der Waals surface area contributed by atoms with Gasteiger partial charge in [0.25, 0.3) is 5.92 Å². The minimum Gasteiger partial charge on any atom is -0.468 e. The molecule has 2 heterocycles. The Labute approximate surface area is 81.5 Å². The van der Waals surface area contributed by atoms with E-state index in [1.54, 1.807) is 6.26 Å². The molecule has 14 heavy (non-hydrogen) atoms. The molecule has 0 spiro atoms. The molecule has 0 aliphatic carbocycles. The molecule has 78 valence electrons. The van der Waals surface area contributed by atoms with Gasteiger partial charge in [-0.15, -0.1) is 0 Å². The average molecular weight is 201 g/mol. The molecule has 1 aliphatic rings. The fourth-order valence-electron chi connectivity index (χ4n) is 1.66. The van der Waals surface area contributed by atoms with Gasteiger partial charge in [0.1, 0.15) is 5.76 Å². The summed E-state index contributed by atoms with van der Waals surface area (Å²) in [5, 5.41) is 0. The van der Waals surface area contributed by atoms with Gasteiger partial charge in [-0.05, 0) is 12.1 Å². The highest BCUT2D eigenvalue weighted by Crippen LogP contribution is 2.28. The first-order valence-electron chi connectivity index (χ1n) is 4.78. The van der Waals surface area contributed by atoms with E-state index in [2.05, 4.69) is 0 Å². The van der Waals surface area contributed by atoms with E-state index in [1.807, 2.05) is 17.0 Å². The Bertz CT molecular complexity index is 274. The van der Waals surface area contributed by atoms with Crippen LogP contribution in [0.15, 0.2) is 22.8 Å². The summed E-state index contributed by atoms with van der Waals surface area (Å²) in [6.45, 7) is 1.55. The Morgan fingerprint density at radius 3 is 2.64 bits per heavy atom. The first kappa shape index (κ1) is 9.65. The minimum atomic E-state index is -2.46. The maximum absolute atomic E-state index is 12.8. The van der Waals surface area contributed by atoms with Gasteiger partial charge >= 0.3 is 0 Å². The van der Waals surface area contributed by atoms with Gasteiger partial charge in [0, 0.05) is 25.9 Å². The fourth-order valence-corrected chi connectivity index (χ4v) is 1.66. The van der Waals surface area contributed by atoms with E-state index in [0.717, 1.165) is 5.76 Å². The Morgan fingerprint density at radius 1 is 1.36 bits per heavy atom. The number of rotatable bonds is 2. The van der Waals surface area contributed by atoms with E-state index in [0.29, 0.717) is 19.6 Å². The van der Waals surface area contributed by atoms with Crippen LogP contribution in [0.25, 0.3) is 0 Å². The Balaban J connectivity index is 1.85. The van der Waals surface area contributed by atoms with Crippen LogP contribution in [-0.2, 0) is 6.54 Å². The van der Waals surface area contributed by atoms with Gasteiger partial charge in [0.2, 0.25) is 0 Å². The molecule has 1 aromatic heterocycles. The Kier molecular flexibility index (Phi) is 2.54. The molecule has 0 radical (unpaired) electrons. The zero-order valence-electron chi connectivity index (χ0n) is 7.88. The molecule has 0 aromatic carbocycles. The number of piperidine rings is 1. The average Bonchev–Trinajstić information content (AvgIpc) is 2.61. The molecule has 0 atom stereocenters. The topological polar surface area (TPSA) is 16.4 Å². The lowest BCUT2D eigenvalue weighted by Crippen LogP contribution is -2.38. The summed E-state index contributed by atoms with van der Waals surface area (Å²) in [4.78, 5) is 2.00. The summed E-state index contributed by atoms with van der Waals surface area (Å²) in [6.07, 6.45) is 1.54. The van der Waals surface area contributed by atoms with E-state index >= 15 is 0 Å². The number of hydrogen-bond acceptors (Lipinski definition) is 2. The predicted molar refractivity (Wildman–Crippen MR) is 48.2 cm³/mol. The van der Waals surface area contributed by atoms with Crippen molar-refractivity contribution in [2.45, 2.75) is 25.3 Å². The lowest BCUT2D eigenvalue weighted by molar-refractivity contribution is -0.0575. The van der Waals surface area contributed by atoms with Crippen molar-refractivity contribution < 1.29 is 13.2 Å². The highest BCUT2D eigenvalue weighted by atomic mass is 19.3. The third-order valence-electron chi connectivity index (χ3n) is 2.55. The third kappa shape index (κ3) is 2.32. The zero-order valence-corrected chi connectivity index (χ0v) is 7.88. The van der Waals surface area contributed by atoms with Gasteiger partial charge in [-0.2, -0.15) is 0 Å². The number of halogens is 2. The Morgan fingerprint density at radius 2 is 2.07 bits per heavy atom. The molecule has 1 aromatic rings. The summed E-state index contributed by atoms with van der Waals surface area (Å²) in [5.74, 6) is -1.62. The first-order valence-corrected chi connectivity index (χ1v) is 4.78. The predicted octanol–water partition coefficient (Wildman–Crippen LogP) is 2.51. The van der Waals surface area contributed by atoms with Crippen LogP contribution in [-0.4, -0.2) is 23.9 Å². The molecular formula is C10H13F2NO. The fraction of sp³-hybridized carbons (Fsp3) is 0.600. The zero-order chi connectivity index (χ0) is 10.0. The van der Waals surface area contributed by atoms with E-state index in [1.165, 1.54) is 0 Å². The molecule has 2 nitrogen and oxygen atoms in total. The summed E-state index contributed by atoms with van der Waals surface area (Å²) in [7, 11) is 0. The lowest BCUT2D eigenvalue weighted by atomic mass is 10.1. The van der Waals surface area contributed by atoms with Crippen molar-refractivity contribution in [3.8, 4) is 0 Å².